The number of benzene rings is 3. The van der Waals surface area contributed by atoms with Crippen molar-refractivity contribution < 1.29 is 15.0 Å². The summed E-state index contributed by atoms with van der Waals surface area (Å²) in [5.41, 5.74) is 5.41. The largest absolute Gasteiger partial charge is 0.478 e. The smallest absolute Gasteiger partial charge is 0.328 e. The minimum absolute atomic E-state index is 0.00224. The first kappa shape index (κ1) is 23.1. The molecule has 0 heterocycles. The molecule has 0 fully saturated rings. The van der Waals surface area contributed by atoms with Gasteiger partial charge in [-0.25, -0.2) is 4.79 Å². The standard InChI is InChI=1S/C29H33NO3/c1-29(2,3)19-30(16-8-15-27(31)32)26-18-22-12-6-11-21(22)17-25(26)28(33)24-14-7-10-20-9-4-5-13-23(20)24/h4-5,7-10,13-15,17-18,28,33H,6,11-12,16,19H2,1-3H3,(H,31,32)/b15-8+. The second-order valence-electron chi connectivity index (χ2n) is 10.2. The Hall–Kier alpha value is -3.11. The summed E-state index contributed by atoms with van der Waals surface area (Å²) in [4.78, 5) is 13.3. The molecule has 2 N–H and O–H groups in total. The van der Waals surface area contributed by atoms with Crippen LogP contribution in [-0.2, 0) is 17.6 Å². The van der Waals surface area contributed by atoms with Gasteiger partial charge in [0.25, 0.3) is 0 Å². The number of aliphatic hydroxyl groups excluding tert-OH is 1. The van der Waals surface area contributed by atoms with Gasteiger partial charge in [-0.15, -0.1) is 0 Å². The molecule has 1 atom stereocenters. The van der Waals surface area contributed by atoms with Crippen LogP contribution in [0.25, 0.3) is 10.8 Å². The van der Waals surface area contributed by atoms with E-state index < -0.39 is 12.1 Å². The minimum Gasteiger partial charge on any atom is -0.478 e. The van der Waals surface area contributed by atoms with Crippen molar-refractivity contribution >= 4 is 22.4 Å². The number of carboxylic acid groups (broad SMARTS) is 1. The van der Waals surface area contributed by atoms with E-state index in [-0.39, 0.29) is 5.41 Å². The third kappa shape index (κ3) is 5.28. The van der Waals surface area contributed by atoms with E-state index >= 15 is 0 Å². The number of carboxylic acids is 1. The summed E-state index contributed by atoms with van der Waals surface area (Å²) in [6.07, 6.45) is 5.31. The van der Waals surface area contributed by atoms with E-state index in [0.29, 0.717) is 6.54 Å². The van der Waals surface area contributed by atoms with Crippen molar-refractivity contribution in [3.63, 3.8) is 0 Å². The molecule has 4 heteroatoms. The lowest BCUT2D eigenvalue weighted by Gasteiger charge is -2.34. The molecular formula is C29H33NO3. The quantitative estimate of drug-likeness (QED) is 0.446. The van der Waals surface area contributed by atoms with E-state index in [1.54, 1.807) is 6.08 Å². The number of aliphatic carboxylic acids is 1. The van der Waals surface area contributed by atoms with Gasteiger partial charge in [-0.05, 0) is 58.2 Å². The highest BCUT2D eigenvalue weighted by Gasteiger charge is 2.26. The second-order valence-corrected chi connectivity index (χ2v) is 10.2. The lowest BCUT2D eigenvalue weighted by atomic mass is 9.90. The van der Waals surface area contributed by atoms with Gasteiger partial charge >= 0.3 is 5.97 Å². The van der Waals surface area contributed by atoms with Crippen LogP contribution in [0.2, 0.25) is 0 Å². The van der Waals surface area contributed by atoms with Gasteiger partial charge in [-0.3, -0.25) is 0 Å². The number of rotatable bonds is 7. The molecule has 4 nitrogen and oxygen atoms in total. The molecule has 1 aliphatic rings. The maximum atomic E-state index is 11.7. The van der Waals surface area contributed by atoms with Crippen LogP contribution in [0.15, 0.2) is 66.7 Å². The Bertz CT molecular complexity index is 1180. The Balaban J connectivity index is 1.84. The number of aryl methyl sites for hydroxylation is 2. The SMILES string of the molecule is CC(C)(C)CN(C/C=C/C(=O)O)c1cc2c(cc1C(O)c1cccc3ccccc13)CCC2. The Morgan fingerprint density at radius 1 is 1.03 bits per heavy atom. The van der Waals surface area contributed by atoms with Crippen LogP contribution in [0.5, 0.6) is 0 Å². The number of hydrogen-bond acceptors (Lipinski definition) is 3. The average Bonchev–Trinajstić information content (AvgIpc) is 3.23. The van der Waals surface area contributed by atoms with Crippen LogP contribution < -0.4 is 4.90 Å². The van der Waals surface area contributed by atoms with Crippen molar-refractivity contribution in [1.29, 1.82) is 0 Å². The molecule has 33 heavy (non-hydrogen) atoms. The number of anilines is 1. The van der Waals surface area contributed by atoms with Crippen molar-refractivity contribution in [2.24, 2.45) is 5.41 Å². The monoisotopic (exact) mass is 443 g/mol. The molecule has 1 unspecified atom stereocenters. The molecule has 0 aromatic heterocycles. The molecule has 0 amide bonds. The predicted octanol–water partition coefficient (Wildman–Crippen LogP) is 5.90. The molecule has 3 aromatic carbocycles. The van der Waals surface area contributed by atoms with E-state index in [1.807, 2.05) is 24.3 Å². The van der Waals surface area contributed by atoms with Crippen molar-refractivity contribution in [3.05, 3.63) is 89.0 Å². The first-order chi connectivity index (χ1) is 15.7. The lowest BCUT2D eigenvalue weighted by molar-refractivity contribution is -0.131. The Morgan fingerprint density at radius 3 is 2.45 bits per heavy atom. The summed E-state index contributed by atoms with van der Waals surface area (Å²) in [5.74, 6) is -0.948. The molecule has 0 bridgehead atoms. The van der Waals surface area contributed by atoms with Gasteiger partial charge in [0.1, 0.15) is 6.10 Å². The van der Waals surface area contributed by atoms with Gasteiger partial charge in [0, 0.05) is 30.4 Å². The molecular weight excluding hydrogens is 410 g/mol. The zero-order valence-electron chi connectivity index (χ0n) is 19.7. The Morgan fingerprint density at radius 2 is 1.73 bits per heavy atom. The molecule has 1 aliphatic carbocycles. The highest BCUT2D eigenvalue weighted by atomic mass is 16.4. The summed E-state index contributed by atoms with van der Waals surface area (Å²) in [6.45, 7) is 7.74. The third-order valence-corrected chi connectivity index (χ3v) is 6.25. The maximum absolute atomic E-state index is 11.7. The third-order valence-electron chi connectivity index (χ3n) is 6.25. The van der Waals surface area contributed by atoms with Crippen molar-refractivity contribution in [2.75, 3.05) is 18.0 Å². The highest BCUT2D eigenvalue weighted by Crippen LogP contribution is 2.39. The van der Waals surface area contributed by atoms with E-state index in [2.05, 4.69) is 56.0 Å². The first-order valence-electron chi connectivity index (χ1n) is 11.7. The predicted molar refractivity (Wildman–Crippen MR) is 135 cm³/mol. The first-order valence-corrected chi connectivity index (χ1v) is 11.7. The van der Waals surface area contributed by atoms with E-state index in [1.165, 1.54) is 17.2 Å². The summed E-state index contributed by atoms with van der Waals surface area (Å²) in [5, 5.41) is 23.0. The molecule has 4 rings (SSSR count). The Labute approximate surface area is 196 Å². The van der Waals surface area contributed by atoms with Crippen LogP contribution in [0.3, 0.4) is 0 Å². The summed E-state index contributed by atoms with van der Waals surface area (Å²) in [7, 11) is 0. The summed E-state index contributed by atoms with van der Waals surface area (Å²) >= 11 is 0. The van der Waals surface area contributed by atoms with E-state index in [0.717, 1.165) is 53.4 Å². The van der Waals surface area contributed by atoms with Crippen molar-refractivity contribution in [2.45, 2.75) is 46.1 Å². The lowest BCUT2D eigenvalue weighted by Crippen LogP contribution is -2.34. The molecule has 0 radical (unpaired) electrons. The van der Waals surface area contributed by atoms with Crippen LogP contribution in [-0.4, -0.2) is 29.3 Å². The zero-order chi connectivity index (χ0) is 23.6. The highest BCUT2D eigenvalue weighted by molar-refractivity contribution is 5.86. The second kappa shape index (κ2) is 9.40. The van der Waals surface area contributed by atoms with Crippen molar-refractivity contribution in [1.82, 2.24) is 0 Å². The van der Waals surface area contributed by atoms with Crippen molar-refractivity contribution in [3.8, 4) is 0 Å². The topological polar surface area (TPSA) is 60.8 Å². The van der Waals surface area contributed by atoms with Crippen LogP contribution in [0.1, 0.15) is 55.5 Å². The van der Waals surface area contributed by atoms with E-state index in [9.17, 15) is 9.90 Å². The number of nitrogens with zero attached hydrogens (tertiary/aromatic N) is 1. The van der Waals surface area contributed by atoms with Gasteiger partial charge in [0.2, 0.25) is 0 Å². The Kier molecular flexibility index (Phi) is 6.57. The number of aliphatic hydroxyl groups is 1. The number of hydrogen-bond donors (Lipinski definition) is 2. The average molecular weight is 444 g/mol. The fraction of sp³-hybridized carbons (Fsp3) is 0.345. The number of carbonyl (C=O) groups is 1. The van der Waals surface area contributed by atoms with Gasteiger partial charge in [-0.2, -0.15) is 0 Å². The van der Waals surface area contributed by atoms with E-state index in [4.69, 9.17) is 5.11 Å². The molecule has 0 spiro atoms. The van der Waals surface area contributed by atoms with Crippen LogP contribution >= 0.6 is 0 Å². The molecule has 172 valence electrons. The van der Waals surface area contributed by atoms with Gasteiger partial charge in [0.05, 0.1) is 0 Å². The molecule has 0 saturated heterocycles. The normalized spacial score (nSPS) is 14.5. The van der Waals surface area contributed by atoms with Gasteiger partial charge in [-0.1, -0.05) is 75.4 Å². The van der Waals surface area contributed by atoms with Crippen LogP contribution in [0.4, 0.5) is 5.69 Å². The van der Waals surface area contributed by atoms with Gasteiger partial charge < -0.3 is 15.1 Å². The maximum Gasteiger partial charge on any atom is 0.328 e. The van der Waals surface area contributed by atoms with Gasteiger partial charge in [0.15, 0.2) is 0 Å². The molecule has 3 aromatic rings. The van der Waals surface area contributed by atoms with Crippen LogP contribution in [0, 0.1) is 5.41 Å². The fourth-order valence-electron chi connectivity index (χ4n) is 4.88. The summed E-state index contributed by atoms with van der Waals surface area (Å²) in [6, 6.07) is 18.6. The molecule has 0 saturated carbocycles. The number of fused-ring (bicyclic) bond motifs is 2. The molecule has 0 aliphatic heterocycles. The fourth-order valence-corrected chi connectivity index (χ4v) is 4.88. The summed E-state index contributed by atoms with van der Waals surface area (Å²) < 4.78 is 0. The zero-order valence-corrected chi connectivity index (χ0v) is 19.7. The minimum atomic E-state index is -0.948.